The van der Waals surface area contributed by atoms with Crippen LogP contribution in [0.1, 0.15) is 22.8 Å². The number of carbonyl (C=O) groups is 2. The van der Waals surface area contributed by atoms with E-state index in [4.69, 9.17) is 0 Å². The van der Waals surface area contributed by atoms with Gasteiger partial charge in [-0.05, 0) is 36.8 Å². The van der Waals surface area contributed by atoms with Gasteiger partial charge in [0, 0.05) is 25.5 Å². The summed E-state index contributed by atoms with van der Waals surface area (Å²) in [6, 6.07) is 9.23. The predicted molar refractivity (Wildman–Crippen MR) is 84.1 cm³/mol. The molecule has 23 heavy (non-hydrogen) atoms. The molecule has 0 saturated carbocycles. The van der Waals surface area contributed by atoms with Gasteiger partial charge in [-0.15, -0.1) is 0 Å². The Morgan fingerprint density at radius 2 is 1.96 bits per heavy atom. The Balaban J connectivity index is 1.89. The molecule has 2 aromatic rings. The van der Waals surface area contributed by atoms with Crippen LogP contribution in [-0.2, 0) is 11.3 Å². The molecule has 1 heterocycles. The molecule has 0 fully saturated rings. The summed E-state index contributed by atoms with van der Waals surface area (Å²) in [5.74, 6) is -0.828. The number of hydrogen-bond donors (Lipinski definition) is 1. The van der Waals surface area contributed by atoms with Gasteiger partial charge in [0.25, 0.3) is 5.91 Å². The molecule has 0 saturated heterocycles. The Morgan fingerprint density at radius 1 is 1.22 bits per heavy atom. The highest BCUT2D eigenvalue weighted by Crippen LogP contribution is 2.04. The second-order valence-corrected chi connectivity index (χ2v) is 4.96. The van der Waals surface area contributed by atoms with Gasteiger partial charge >= 0.3 is 0 Å². The molecule has 0 radical (unpaired) electrons. The Labute approximate surface area is 134 Å². The topological polar surface area (TPSA) is 62.3 Å². The fourth-order valence-electron chi connectivity index (χ4n) is 2.03. The summed E-state index contributed by atoms with van der Waals surface area (Å²) >= 11 is 0. The first-order valence-corrected chi connectivity index (χ1v) is 7.30. The van der Waals surface area contributed by atoms with Crippen LogP contribution < -0.4 is 5.32 Å². The van der Waals surface area contributed by atoms with E-state index >= 15 is 0 Å². The molecule has 0 aliphatic carbocycles. The summed E-state index contributed by atoms with van der Waals surface area (Å²) in [5.41, 5.74) is 1.24. The molecule has 1 aromatic carbocycles. The summed E-state index contributed by atoms with van der Waals surface area (Å²) in [6.07, 6.45) is 3.06. The van der Waals surface area contributed by atoms with Crippen molar-refractivity contribution in [1.29, 1.82) is 0 Å². The fourth-order valence-corrected chi connectivity index (χ4v) is 2.03. The van der Waals surface area contributed by atoms with Crippen LogP contribution in [-0.4, -0.2) is 34.8 Å². The van der Waals surface area contributed by atoms with Gasteiger partial charge < -0.3 is 10.2 Å². The number of aromatic nitrogens is 1. The van der Waals surface area contributed by atoms with Crippen molar-refractivity contribution >= 4 is 11.8 Å². The molecule has 1 N–H and O–H groups in total. The van der Waals surface area contributed by atoms with Crippen LogP contribution in [0, 0.1) is 5.82 Å². The lowest BCUT2D eigenvalue weighted by atomic mass is 10.2. The minimum Gasteiger partial charge on any atom is -0.350 e. The monoisotopic (exact) mass is 315 g/mol. The molecule has 0 aliphatic heterocycles. The lowest BCUT2D eigenvalue weighted by Crippen LogP contribution is -2.40. The minimum absolute atomic E-state index is 0.0363. The summed E-state index contributed by atoms with van der Waals surface area (Å²) in [4.78, 5) is 29.6. The molecule has 6 heteroatoms. The maximum absolute atomic E-state index is 12.8. The zero-order chi connectivity index (χ0) is 16.7. The van der Waals surface area contributed by atoms with Gasteiger partial charge in [0.15, 0.2) is 0 Å². The Bertz CT molecular complexity index is 659. The number of carbonyl (C=O) groups excluding carboxylic acids is 2. The average molecular weight is 315 g/mol. The van der Waals surface area contributed by atoms with Crippen LogP contribution in [0.4, 0.5) is 4.39 Å². The first-order valence-electron chi connectivity index (χ1n) is 7.30. The zero-order valence-corrected chi connectivity index (χ0v) is 12.8. The lowest BCUT2D eigenvalue weighted by Gasteiger charge is -2.20. The quantitative estimate of drug-likeness (QED) is 0.887. The molecule has 0 aliphatic rings. The van der Waals surface area contributed by atoms with Gasteiger partial charge in [0.05, 0.1) is 12.1 Å². The van der Waals surface area contributed by atoms with Crippen molar-refractivity contribution in [2.45, 2.75) is 13.5 Å². The van der Waals surface area contributed by atoms with E-state index < -0.39 is 0 Å². The van der Waals surface area contributed by atoms with Crippen LogP contribution in [0.3, 0.4) is 0 Å². The van der Waals surface area contributed by atoms with Crippen molar-refractivity contribution in [2.24, 2.45) is 0 Å². The molecule has 2 rings (SSSR count). The van der Waals surface area contributed by atoms with Crippen LogP contribution in [0.15, 0.2) is 48.8 Å². The maximum Gasteiger partial charge on any atom is 0.255 e. The maximum atomic E-state index is 12.8. The number of rotatable bonds is 6. The van der Waals surface area contributed by atoms with E-state index in [0.717, 1.165) is 5.56 Å². The molecule has 0 atom stereocenters. The molecule has 2 amide bonds. The Morgan fingerprint density at radius 3 is 2.57 bits per heavy atom. The first-order chi connectivity index (χ1) is 11.1. The number of pyridine rings is 1. The fraction of sp³-hybridized carbons (Fsp3) is 0.235. The Hall–Kier alpha value is -2.76. The smallest absolute Gasteiger partial charge is 0.255 e. The van der Waals surface area contributed by atoms with Crippen molar-refractivity contribution in [3.8, 4) is 0 Å². The highest BCUT2D eigenvalue weighted by atomic mass is 19.1. The van der Waals surface area contributed by atoms with Gasteiger partial charge in [-0.3, -0.25) is 14.6 Å². The number of hydrogen-bond acceptors (Lipinski definition) is 3. The largest absolute Gasteiger partial charge is 0.350 e. The third-order valence-corrected chi connectivity index (χ3v) is 3.31. The highest BCUT2D eigenvalue weighted by Gasteiger charge is 2.17. The normalized spacial score (nSPS) is 10.2. The predicted octanol–water partition coefficient (Wildman–Crippen LogP) is 2.00. The SMILES string of the molecule is CCN(CC(=O)NCc1ccc(F)cc1)C(=O)c1cccnc1. The number of likely N-dealkylation sites (N-methyl/N-ethyl adjacent to an activating group) is 1. The van der Waals surface area contributed by atoms with Gasteiger partial charge in [0.1, 0.15) is 5.82 Å². The number of nitrogens with zero attached hydrogens (tertiary/aromatic N) is 2. The molecule has 0 spiro atoms. The Kier molecular flexibility index (Phi) is 5.80. The average Bonchev–Trinajstić information content (AvgIpc) is 2.59. The van der Waals surface area contributed by atoms with Crippen molar-refractivity contribution < 1.29 is 14.0 Å². The van der Waals surface area contributed by atoms with Crippen molar-refractivity contribution in [1.82, 2.24) is 15.2 Å². The van der Waals surface area contributed by atoms with Gasteiger partial charge in [-0.1, -0.05) is 12.1 Å². The molecular formula is C17H18FN3O2. The van der Waals surface area contributed by atoms with Crippen molar-refractivity contribution in [3.63, 3.8) is 0 Å². The van der Waals surface area contributed by atoms with E-state index in [2.05, 4.69) is 10.3 Å². The first kappa shape index (κ1) is 16.6. The van der Waals surface area contributed by atoms with E-state index in [0.29, 0.717) is 12.1 Å². The second kappa shape index (κ2) is 8.03. The summed E-state index contributed by atoms with van der Waals surface area (Å²) in [7, 11) is 0. The van der Waals surface area contributed by atoms with Crippen LogP contribution >= 0.6 is 0 Å². The van der Waals surface area contributed by atoms with E-state index in [1.807, 2.05) is 6.92 Å². The van der Waals surface area contributed by atoms with Crippen molar-refractivity contribution in [3.05, 3.63) is 65.7 Å². The second-order valence-electron chi connectivity index (χ2n) is 4.96. The molecule has 1 aromatic heterocycles. The van der Waals surface area contributed by atoms with Crippen LogP contribution in [0.2, 0.25) is 0 Å². The van der Waals surface area contributed by atoms with E-state index in [9.17, 15) is 14.0 Å². The van der Waals surface area contributed by atoms with Crippen LogP contribution in [0.5, 0.6) is 0 Å². The number of benzene rings is 1. The summed E-state index contributed by atoms with van der Waals surface area (Å²) in [6.45, 7) is 2.47. The van der Waals surface area contributed by atoms with E-state index in [1.54, 1.807) is 30.5 Å². The molecule has 120 valence electrons. The van der Waals surface area contributed by atoms with Crippen molar-refractivity contribution in [2.75, 3.05) is 13.1 Å². The molecule has 5 nitrogen and oxygen atoms in total. The standard InChI is InChI=1S/C17H18FN3O2/c1-2-21(17(23)14-4-3-9-19-11-14)12-16(22)20-10-13-5-7-15(18)8-6-13/h3-9,11H,2,10,12H2,1H3,(H,20,22). The summed E-state index contributed by atoms with van der Waals surface area (Å²) < 4.78 is 12.8. The summed E-state index contributed by atoms with van der Waals surface area (Å²) in [5, 5.41) is 2.72. The van der Waals surface area contributed by atoms with E-state index in [1.165, 1.54) is 23.2 Å². The van der Waals surface area contributed by atoms with Gasteiger partial charge in [-0.2, -0.15) is 0 Å². The minimum atomic E-state index is -0.320. The molecular weight excluding hydrogens is 297 g/mol. The number of nitrogens with one attached hydrogen (secondary N) is 1. The molecule has 0 bridgehead atoms. The van der Waals surface area contributed by atoms with Gasteiger partial charge in [0.2, 0.25) is 5.91 Å². The number of halogens is 1. The van der Waals surface area contributed by atoms with Crippen LogP contribution in [0.25, 0.3) is 0 Å². The third kappa shape index (κ3) is 4.88. The van der Waals surface area contributed by atoms with Gasteiger partial charge in [-0.25, -0.2) is 4.39 Å². The van der Waals surface area contributed by atoms with E-state index in [-0.39, 0.29) is 30.7 Å². The number of amides is 2. The highest BCUT2D eigenvalue weighted by molar-refractivity contribution is 5.96. The molecule has 0 unspecified atom stereocenters. The lowest BCUT2D eigenvalue weighted by molar-refractivity contribution is -0.121. The zero-order valence-electron chi connectivity index (χ0n) is 12.8. The third-order valence-electron chi connectivity index (χ3n) is 3.31.